The molecule has 2 aromatic rings. The molecule has 3 rings (SSSR count). The van der Waals surface area contributed by atoms with Gasteiger partial charge >= 0.3 is 5.97 Å². The number of aromatic nitrogens is 2. The molecule has 0 aliphatic carbocycles. The number of carbonyl (C=O) groups excluding carboxylic acids is 1. The molecule has 0 radical (unpaired) electrons. The second-order valence-electron chi connectivity index (χ2n) is 5.70. The summed E-state index contributed by atoms with van der Waals surface area (Å²) in [6.45, 7) is 5.93. The average Bonchev–Trinajstić information content (AvgIpc) is 2.55. The van der Waals surface area contributed by atoms with Crippen molar-refractivity contribution in [3.63, 3.8) is 0 Å². The van der Waals surface area contributed by atoms with Gasteiger partial charge in [0, 0.05) is 18.5 Å². The molecule has 1 aliphatic rings. The highest BCUT2D eigenvalue weighted by atomic mass is 16.5. The van der Waals surface area contributed by atoms with Crippen molar-refractivity contribution < 1.29 is 9.53 Å². The van der Waals surface area contributed by atoms with E-state index in [1.807, 2.05) is 19.1 Å². The second-order valence-corrected chi connectivity index (χ2v) is 5.70. The van der Waals surface area contributed by atoms with Crippen LogP contribution in [0.5, 0.6) is 0 Å². The monoisotopic (exact) mass is 299 g/mol. The summed E-state index contributed by atoms with van der Waals surface area (Å²) in [4.78, 5) is 23.1. The lowest BCUT2D eigenvalue weighted by Gasteiger charge is -2.33. The Morgan fingerprint density at radius 2 is 2.27 bits per heavy atom. The summed E-state index contributed by atoms with van der Waals surface area (Å²) < 4.78 is 5.18. The van der Waals surface area contributed by atoms with Gasteiger partial charge in [0.2, 0.25) is 0 Å². The van der Waals surface area contributed by atoms with Crippen LogP contribution in [0, 0.1) is 12.8 Å². The summed E-state index contributed by atoms with van der Waals surface area (Å²) in [5, 5.41) is 1.08. The Kier molecular flexibility index (Phi) is 4.22. The summed E-state index contributed by atoms with van der Waals surface area (Å²) in [6.07, 6.45) is 3.46. The van der Waals surface area contributed by atoms with Gasteiger partial charge < -0.3 is 9.64 Å². The number of rotatable bonds is 3. The van der Waals surface area contributed by atoms with Crippen LogP contribution < -0.4 is 4.90 Å². The Hall–Kier alpha value is -2.17. The molecule has 2 heterocycles. The molecule has 0 bridgehead atoms. The van der Waals surface area contributed by atoms with E-state index in [9.17, 15) is 4.79 Å². The molecule has 1 aliphatic heterocycles. The van der Waals surface area contributed by atoms with Gasteiger partial charge in [-0.15, -0.1) is 0 Å². The number of ether oxygens (including phenoxy) is 1. The molecule has 1 aromatic heterocycles. The Balaban J connectivity index is 1.92. The molecule has 1 fully saturated rings. The van der Waals surface area contributed by atoms with Crippen molar-refractivity contribution in [3.8, 4) is 0 Å². The zero-order valence-corrected chi connectivity index (χ0v) is 13.1. The van der Waals surface area contributed by atoms with E-state index in [1.165, 1.54) is 0 Å². The number of hydrogen-bond acceptors (Lipinski definition) is 5. The van der Waals surface area contributed by atoms with Gasteiger partial charge in [-0.3, -0.25) is 4.79 Å². The lowest BCUT2D eigenvalue weighted by molar-refractivity contribution is -0.148. The lowest BCUT2D eigenvalue weighted by Crippen LogP contribution is -2.40. The Labute approximate surface area is 130 Å². The summed E-state index contributed by atoms with van der Waals surface area (Å²) in [6, 6.07) is 6.08. The van der Waals surface area contributed by atoms with Crippen LogP contribution in [0.1, 0.15) is 25.3 Å². The molecule has 5 nitrogen and oxygen atoms in total. The van der Waals surface area contributed by atoms with Crippen LogP contribution in [0.15, 0.2) is 24.5 Å². The van der Waals surface area contributed by atoms with E-state index in [2.05, 4.69) is 27.9 Å². The number of carbonyl (C=O) groups is 1. The van der Waals surface area contributed by atoms with Gasteiger partial charge in [-0.1, -0.05) is 12.1 Å². The van der Waals surface area contributed by atoms with Crippen LogP contribution in [-0.4, -0.2) is 35.6 Å². The highest BCUT2D eigenvalue weighted by molar-refractivity contribution is 5.92. The van der Waals surface area contributed by atoms with Crippen molar-refractivity contribution in [1.82, 2.24) is 9.97 Å². The number of benzene rings is 1. The SMILES string of the molecule is CCOC(=O)C1CCCN(c2ncnc3cccc(C)c23)C1. The summed E-state index contributed by atoms with van der Waals surface area (Å²) in [5.74, 6) is 0.766. The lowest BCUT2D eigenvalue weighted by atomic mass is 9.97. The Morgan fingerprint density at radius 3 is 3.09 bits per heavy atom. The standard InChI is InChI=1S/C17H21N3O2/c1-3-22-17(21)13-7-5-9-20(10-13)16-15-12(2)6-4-8-14(15)18-11-19-16/h4,6,8,11,13H,3,5,7,9-10H2,1-2H3. The van der Waals surface area contributed by atoms with Crippen molar-refractivity contribution >= 4 is 22.7 Å². The first-order valence-corrected chi connectivity index (χ1v) is 7.82. The number of nitrogens with zero attached hydrogens (tertiary/aromatic N) is 3. The van der Waals surface area contributed by atoms with E-state index < -0.39 is 0 Å². The molecular weight excluding hydrogens is 278 g/mol. The number of esters is 1. The minimum absolute atomic E-state index is 0.0669. The van der Waals surface area contributed by atoms with Crippen LogP contribution in [0.4, 0.5) is 5.82 Å². The molecule has 1 atom stereocenters. The van der Waals surface area contributed by atoms with E-state index in [0.717, 1.165) is 41.7 Å². The number of aryl methyl sites for hydroxylation is 1. The van der Waals surface area contributed by atoms with E-state index >= 15 is 0 Å². The minimum Gasteiger partial charge on any atom is -0.466 e. The van der Waals surface area contributed by atoms with Crippen molar-refractivity contribution in [2.75, 3.05) is 24.6 Å². The van der Waals surface area contributed by atoms with E-state index in [0.29, 0.717) is 13.2 Å². The quantitative estimate of drug-likeness (QED) is 0.816. The smallest absolute Gasteiger partial charge is 0.310 e. The maximum atomic E-state index is 12.0. The number of hydrogen-bond donors (Lipinski definition) is 0. The first kappa shape index (κ1) is 14.8. The van der Waals surface area contributed by atoms with E-state index in [1.54, 1.807) is 6.33 Å². The van der Waals surface area contributed by atoms with Gasteiger partial charge in [0.05, 0.1) is 18.0 Å². The first-order chi connectivity index (χ1) is 10.7. The normalized spacial score (nSPS) is 18.5. The fraction of sp³-hybridized carbons (Fsp3) is 0.471. The topological polar surface area (TPSA) is 55.3 Å². The van der Waals surface area contributed by atoms with Crippen molar-refractivity contribution in [3.05, 3.63) is 30.1 Å². The third kappa shape index (κ3) is 2.75. The zero-order valence-electron chi connectivity index (χ0n) is 13.1. The van der Waals surface area contributed by atoms with Crippen molar-refractivity contribution in [1.29, 1.82) is 0 Å². The van der Waals surface area contributed by atoms with Gasteiger partial charge in [0.1, 0.15) is 12.1 Å². The number of fused-ring (bicyclic) bond motifs is 1. The molecular formula is C17H21N3O2. The molecule has 0 saturated carbocycles. The zero-order chi connectivity index (χ0) is 15.5. The highest BCUT2D eigenvalue weighted by Gasteiger charge is 2.28. The van der Waals surface area contributed by atoms with Gasteiger partial charge in [-0.2, -0.15) is 0 Å². The Morgan fingerprint density at radius 1 is 1.41 bits per heavy atom. The van der Waals surface area contributed by atoms with Gasteiger partial charge in [-0.05, 0) is 38.3 Å². The molecule has 1 aromatic carbocycles. The van der Waals surface area contributed by atoms with Crippen LogP contribution in [0.3, 0.4) is 0 Å². The van der Waals surface area contributed by atoms with Crippen LogP contribution in [0.25, 0.3) is 10.9 Å². The number of anilines is 1. The molecule has 22 heavy (non-hydrogen) atoms. The fourth-order valence-electron chi connectivity index (χ4n) is 3.12. The third-order valence-electron chi connectivity index (χ3n) is 4.19. The molecule has 5 heteroatoms. The van der Waals surface area contributed by atoms with Crippen LogP contribution in [-0.2, 0) is 9.53 Å². The molecule has 1 unspecified atom stereocenters. The second kappa shape index (κ2) is 6.30. The van der Waals surface area contributed by atoms with Crippen LogP contribution in [0.2, 0.25) is 0 Å². The van der Waals surface area contributed by atoms with Crippen molar-refractivity contribution in [2.24, 2.45) is 5.92 Å². The average molecular weight is 299 g/mol. The molecule has 0 amide bonds. The predicted molar refractivity (Wildman–Crippen MR) is 85.8 cm³/mol. The summed E-state index contributed by atoms with van der Waals surface area (Å²) in [7, 11) is 0. The third-order valence-corrected chi connectivity index (χ3v) is 4.19. The van der Waals surface area contributed by atoms with Gasteiger partial charge in [0.25, 0.3) is 0 Å². The summed E-state index contributed by atoms with van der Waals surface area (Å²) in [5.41, 5.74) is 2.11. The summed E-state index contributed by atoms with van der Waals surface area (Å²) >= 11 is 0. The molecule has 0 spiro atoms. The van der Waals surface area contributed by atoms with Gasteiger partial charge in [0.15, 0.2) is 0 Å². The maximum Gasteiger partial charge on any atom is 0.310 e. The molecule has 116 valence electrons. The molecule has 0 N–H and O–H groups in total. The van der Waals surface area contributed by atoms with Crippen LogP contribution >= 0.6 is 0 Å². The highest BCUT2D eigenvalue weighted by Crippen LogP contribution is 2.29. The van der Waals surface area contributed by atoms with Gasteiger partial charge in [-0.25, -0.2) is 9.97 Å². The van der Waals surface area contributed by atoms with Crippen molar-refractivity contribution in [2.45, 2.75) is 26.7 Å². The first-order valence-electron chi connectivity index (χ1n) is 7.82. The predicted octanol–water partition coefficient (Wildman–Crippen LogP) is 2.72. The molecule has 1 saturated heterocycles. The maximum absolute atomic E-state index is 12.0. The fourth-order valence-corrected chi connectivity index (χ4v) is 3.12. The Bertz CT molecular complexity index is 681. The minimum atomic E-state index is -0.0951. The number of piperidine rings is 1. The van der Waals surface area contributed by atoms with E-state index in [-0.39, 0.29) is 11.9 Å². The van der Waals surface area contributed by atoms with E-state index in [4.69, 9.17) is 4.74 Å². The largest absolute Gasteiger partial charge is 0.466 e.